The number of quaternary nitrogens is 2. The Morgan fingerprint density at radius 2 is 1.93 bits per heavy atom. The summed E-state index contributed by atoms with van der Waals surface area (Å²) < 4.78 is 15.0. The summed E-state index contributed by atoms with van der Waals surface area (Å²) in [4.78, 5) is 8.55. The van der Waals surface area contributed by atoms with Crippen LogP contribution < -0.4 is 9.80 Å². The van der Waals surface area contributed by atoms with Crippen molar-refractivity contribution in [3.8, 4) is 5.88 Å². The first-order chi connectivity index (χ1) is 13.1. The van der Waals surface area contributed by atoms with Crippen molar-refractivity contribution in [2.75, 3.05) is 39.3 Å². The van der Waals surface area contributed by atoms with E-state index in [0.29, 0.717) is 10.8 Å². The first kappa shape index (κ1) is 18.3. The van der Waals surface area contributed by atoms with Crippen LogP contribution in [0.3, 0.4) is 0 Å². The zero-order chi connectivity index (χ0) is 19.0. The number of piperazine rings is 1. The molecule has 7 nitrogen and oxygen atoms in total. The molecule has 3 aromatic rings. The minimum absolute atomic E-state index is 0.102. The predicted molar refractivity (Wildman–Crippen MR) is 98.9 cm³/mol. The number of aliphatic hydroxyl groups is 1. The highest BCUT2D eigenvalue weighted by Gasteiger charge is 2.36. The van der Waals surface area contributed by atoms with Crippen molar-refractivity contribution >= 4 is 16.3 Å². The largest absolute Gasteiger partial charge is 0.492 e. The fourth-order valence-corrected chi connectivity index (χ4v) is 5.07. The van der Waals surface area contributed by atoms with Crippen molar-refractivity contribution in [3.05, 3.63) is 46.3 Å². The number of aryl methyl sites for hydroxylation is 1. The molecule has 1 atom stereocenters. The maximum absolute atomic E-state index is 13.5. The molecule has 0 unspecified atom stereocenters. The molecule has 0 spiro atoms. The molecule has 27 heavy (non-hydrogen) atoms. The van der Waals surface area contributed by atoms with E-state index in [9.17, 15) is 14.6 Å². The molecule has 0 saturated carbocycles. The number of nitrogens with zero attached hydrogens (tertiary/aromatic N) is 3. The van der Waals surface area contributed by atoms with Gasteiger partial charge in [-0.15, -0.1) is 5.10 Å². The Bertz CT molecular complexity index is 918. The highest BCUT2D eigenvalue weighted by atomic mass is 32.1. The van der Waals surface area contributed by atoms with E-state index >= 15 is 0 Å². The summed E-state index contributed by atoms with van der Waals surface area (Å²) in [5, 5.41) is 24.3. The van der Waals surface area contributed by atoms with E-state index in [1.807, 2.05) is 0 Å². The molecule has 0 bridgehead atoms. The van der Waals surface area contributed by atoms with Crippen molar-refractivity contribution in [1.29, 1.82) is 0 Å². The first-order valence-electron chi connectivity index (χ1n) is 9.16. The highest BCUT2D eigenvalue weighted by Crippen LogP contribution is 2.35. The summed E-state index contributed by atoms with van der Waals surface area (Å²) in [6, 6.07) is 6.41. The maximum atomic E-state index is 13.5. The first-order valence-corrected chi connectivity index (χ1v) is 9.98. The molecule has 4 rings (SSSR count). The molecular weight excluding hydrogens is 369 g/mol. The summed E-state index contributed by atoms with van der Waals surface area (Å²) in [7, 11) is 0. The Morgan fingerprint density at radius 3 is 2.56 bits per heavy atom. The minimum atomic E-state index is -0.271. The van der Waals surface area contributed by atoms with Gasteiger partial charge in [0.05, 0.1) is 6.61 Å². The summed E-state index contributed by atoms with van der Waals surface area (Å²) in [5.41, 5.74) is 0.966. The number of aromatic nitrogens is 3. The fraction of sp³-hybridized carbons (Fsp3) is 0.444. The molecule has 0 radical (unpaired) electrons. The molecule has 9 heteroatoms. The van der Waals surface area contributed by atoms with E-state index < -0.39 is 0 Å². The van der Waals surface area contributed by atoms with Gasteiger partial charge in [0.25, 0.3) is 0 Å². The van der Waals surface area contributed by atoms with Crippen LogP contribution in [0, 0.1) is 12.7 Å². The Kier molecular flexibility index (Phi) is 5.09. The molecule has 1 aliphatic heterocycles. The summed E-state index contributed by atoms with van der Waals surface area (Å²) in [6.07, 6.45) is 0. The van der Waals surface area contributed by atoms with Crippen molar-refractivity contribution < 1.29 is 24.4 Å². The highest BCUT2D eigenvalue weighted by molar-refractivity contribution is 7.17. The number of halogens is 1. The van der Waals surface area contributed by atoms with E-state index in [0.717, 1.165) is 43.2 Å². The monoisotopic (exact) mass is 393 g/mol. The number of aromatic hydroxyl groups is 1. The molecule has 2 aromatic heterocycles. The van der Waals surface area contributed by atoms with E-state index in [-0.39, 0.29) is 24.3 Å². The van der Waals surface area contributed by atoms with Gasteiger partial charge < -0.3 is 20.0 Å². The molecular formula is C18H24FN5O2S+2. The van der Waals surface area contributed by atoms with Gasteiger partial charge in [0.1, 0.15) is 49.2 Å². The van der Waals surface area contributed by atoms with E-state index in [4.69, 9.17) is 0 Å². The number of thiazole rings is 1. The third kappa shape index (κ3) is 3.55. The van der Waals surface area contributed by atoms with Gasteiger partial charge >= 0.3 is 0 Å². The van der Waals surface area contributed by atoms with Crippen LogP contribution in [0.4, 0.5) is 4.39 Å². The third-order valence-corrected chi connectivity index (χ3v) is 6.33. The standard InChI is InChI=1S/C18H22FN5O2S/c1-12-20-18-24(21-12)17(26)16(27-18)15(13-2-4-14(19)5-3-13)23-8-6-22(7-9-23)10-11-25/h2-5,15,25-26H,6-11H2,1H3/p+2/t15-/m1/s1. The van der Waals surface area contributed by atoms with Crippen molar-refractivity contribution in [2.45, 2.75) is 13.0 Å². The Hall–Kier alpha value is -2.07. The van der Waals surface area contributed by atoms with E-state index in [2.05, 4.69) is 10.1 Å². The summed E-state index contributed by atoms with van der Waals surface area (Å²) in [6.45, 7) is 6.47. The molecule has 1 aromatic carbocycles. The number of fused-ring (bicyclic) bond motifs is 1. The molecule has 0 aliphatic carbocycles. The Morgan fingerprint density at radius 1 is 1.22 bits per heavy atom. The lowest BCUT2D eigenvalue weighted by Crippen LogP contribution is -3.28. The molecule has 0 amide bonds. The number of benzene rings is 1. The van der Waals surface area contributed by atoms with Gasteiger partial charge in [-0.25, -0.2) is 9.37 Å². The van der Waals surface area contributed by atoms with Gasteiger partial charge in [-0.05, 0) is 31.2 Å². The molecule has 144 valence electrons. The fourth-order valence-electron chi connectivity index (χ4n) is 3.89. The smallest absolute Gasteiger partial charge is 0.235 e. The maximum Gasteiger partial charge on any atom is 0.235 e. The summed E-state index contributed by atoms with van der Waals surface area (Å²) >= 11 is 1.43. The lowest BCUT2D eigenvalue weighted by molar-refractivity contribution is -1.02. The van der Waals surface area contributed by atoms with Gasteiger partial charge in [0.2, 0.25) is 10.8 Å². The van der Waals surface area contributed by atoms with Gasteiger partial charge in [-0.1, -0.05) is 11.3 Å². The second-order valence-corrected chi connectivity index (χ2v) is 8.02. The Balaban J connectivity index is 1.70. The zero-order valence-electron chi connectivity index (χ0n) is 15.2. The van der Waals surface area contributed by atoms with Gasteiger partial charge in [-0.3, -0.25) is 0 Å². The average Bonchev–Trinajstić information content (AvgIpc) is 3.16. The number of nitrogens with one attached hydrogen (secondary N) is 2. The predicted octanol–water partition coefficient (Wildman–Crippen LogP) is -1.19. The molecule has 1 fully saturated rings. The molecule has 4 N–H and O–H groups in total. The van der Waals surface area contributed by atoms with Crippen molar-refractivity contribution in [1.82, 2.24) is 14.6 Å². The lowest BCUT2D eigenvalue weighted by Gasteiger charge is -2.34. The number of hydrogen-bond donors (Lipinski definition) is 4. The second kappa shape index (κ2) is 7.51. The number of aliphatic hydroxyl groups excluding tert-OH is 1. The van der Waals surface area contributed by atoms with Gasteiger partial charge in [0.15, 0.2) is 6.04 Å². The molecule has 1 saturated heterocycles. The number of rotatable bonds is 5. The van der Waals surface area contributed by atoms with Gasteiger partial charge in [0, 0.05) is 5.56 Å². The normalized spacial score (nSPS) is 21.6. The van der Waals surface area contributed by atoms with Crippen LogP contribution >= 0.6 is 11.3 Å². The van der Waals surface area contributed by atoms with Gasteiger partial charge in [-0.2, -0.15) is 4.52 Å². The minimum Gasteiger partial charge on any atom is -0.492 e. The Labute approximate surface area is 160 Å². The SMILES string of the molecule is Cc1nc2sc([C@@H](c3ccc(F)cc3)[NH+]3CC[NH+](CCO)CC3)c(O)n2n1. The van der Waals surface area contributed by atoms with E-state index in [1.54, 1.807) is 19.1 Å². The second-order valence-electron chi connectivity index (χ2n) is 7.01. The third-order valence-electron chi connectivity index (χ3n) is 5.24. The van der Waals surface area contributed by atoms with Crippen molar-refractivity contribution in [2.24, 2.45) is 0 Å². The van der Waals surface area contributed by atoms with Crippen LogP contribution in [0.15, 0.2) is 24.3 Å². The lowest BCUT2D eigenvalue weighted by atomic mass is 10.0. The van der Waals surface area contributed by atoms with E-state index in [1.165, 1.54) is 37.8 Å². The van der Waals surface area contributed by atoms with Crippen LogP contribution in [0.2, 0.25) is 0 Å². The molecule has 1 aliphatic rings. The van der Waals surface area contributed by atoms with Crippen LogP contribution in [0.25, 0.3) is 4.96 Å². The quantitative estimate of drug-likeness (QED) is 0.440. The van der Waals surface area contributed by atoms with Crippen LogP contribution in [-0.4, -0.2) is 64.1 Å². The van der Waals surface area contributed by atoms with Crippen LogP contribution in [-0.2, 0) is 0 Å². The topological polar surface area (TPSA) is 79.5 Å². The van der Waals surface area contributed by atoms with Crippen LogP contribution in [0.5, 0.6) is 5.88 Å². The molecule has 3 heterocycles. The average molecular weight is 393 g/mol. The zero-order valence-corrected chi connectivity index (χ0v) is 16.0. The van der Waals surface area contributed by atoms with Crippen molar-refractivity contribution in [3.63, 3.8) is 0 Å². The summed E-state index contributed by atoms with van der Waals surface area (Å²) in [5.74, 6) is 0.463. The number of hydrogen-bond acceptors (Lipinski definition) is 5. The van der Waals surface area contributed by atoms with Crippen LogP contribution in [0.1, 0.15) is 22.3 Å².